The molecule has 3 rings (SSSR count). The molecule has 0 bridgehead atoms. The number of rotatable bonds is 5. The van der Waals surface area contributed by atoms with Crippen molar-refractivity contribution in [3.05, 3.63) is 102 Å². The zero-order valence-electron chi connectivity index (χ0n) is 13.5. The van der Waals surface area contributed by atoms with Crippen LogP contribution in [0.3, 0.4) is 0 Å². The van der Waals surface area contributed by atoms with E-state index in [9.17, 15) is 9.59 Å². The van der Waals surface area contributed by atoms with Gasteiger partial charge in [-0.15, -0.1) is 0 Å². The Labute approximate surface area is 146 Å². The summed E-state index contributed by atoms with van der Waals surface area (Å²) in [6.07, 6.45) is 0. The number of para-hydroxylation sites is 1. The molecule has 25 heavy (non-hydrogen) atoms. The highest BCUT2D eigenvalue weighted by molar-refractivity contribution is 6.04. The zero-order valence-corrected chi connectivity index (χ0v) is 13.5. The Morgan fingerprint density at radius 3 is 1.96 bits per heavy atom. The Balaban J connectivity index is 1.69. The molecule has 4 nitrogen and oxygen atoms in total. The van der Waals surface area contributed by atoms with Crippen molar-refractivity contribution in [2.45, 2.75) is 6.61 Å². The average Bonchev–Trinajstić information content (AvgIpc) is 2.68. The number of amides is 1. The molecular formula is C21H17NO3. The fraction of sp³-hybridized carbons (Fsp3) is 0.0476. The maximum atomic E-state index is 12.3. The number of ether oxygens (including phenoxy) is 1. The van der Waals surface area contributed by atoms with Crippen molar-refractivity contribution in [1.29, 1.82) is 0 Å². The number of anilines is 1. The highest BCUT2D eigenvalue weighted by Crippen LogP contribution is 2.18. The number of benzene rings is 3. The molecule has 4 heteroatoms. The van der Waals surface area contributed by atoms with Gasteiger partial charge in [-0.05, 0) is 30.3 Å². The van der Waals surface area contributed by atoms with Crippen molar-refractivity contribution in [3.8, 4) is 0 Å². The third-order valence-electron chi connectivity index (χ3n) is 3.67. The van der Waals surface area contributed by atoms with E-state index in [1.54, 1.807) is 42.5 Å². The number of carbonyl (C=O) groups is 2. The van der Waals surface area contributed by atoms with Gasteiger partial charge in [0.25, 0.3) is 5.91 Å². The van der Waals surface area contributed by atoms with Crippen LogP contribution in [0.4, 0.5) is 5.69 Å². The Morgan fingerprint density at radius 2 is 1.28 bits per heavy atom. The quantitative estimate of drug-likeness (QED) is 0.709. The van der Waals surface area contributed by atoms with E-state index in [0.717, 1.165) is 5.56 Å². The minimum absolute atomic E-state index is 0.0823. The van der Waals surface area contributed by atoms with Gasteiger partial charge < -0.3 is 10.1 Å². The van der Waals surface area contributed by atoms with Crippen LogP contribution in [0.25, 0.3) is 0 Å². The standard InChI is InChI=1S/C21H17NO3/c23-20(16-9-3-1-4-10-16)22-19-14-8-7-13-18(19)15-25-21(24)17-11-5-2-6-12-17/h1-14H,15H2,(H,22,23). The van der Waals surface area contributed by atoms with Crippen molar-refractivity contribution in [1.82, 2.24) is 0 Å². The molecule has 0 aromatic heterocycles. The highest BCUT2D eigenvalue weighted by Gasteiger charge is 2.11. The Kier molecular flexibility index (Phi) is 5.22. The summed E-state index contributed by atoms with van der Waals surface area (Å²) >= 11 is 0. The maximum Gasteiger partial charge on any atom is 0.338 e. The molecule has 0 aliphatic heterocycles. The summed E-state index contributed by atoms with van der Waals surface area (Å²) < 4.78 is 5.35. The molecule has 124 valence electrons. The van der Waals surface area contributed by atoms with Crippen LogP contribution in [0.15, 0.2) is 84.9 Å². The molecule has 0 fully saturated rings. The van der Waals surface area contributed by atoms with E-state index in [4.69, 9.17) is 4.74 Å². The average molecular weight is 331 g/mol. The van der Waals surface area contributed by atoms with Crippen molar-refractivity contribution in [3.63, 3.8) is 0 Å². The minimum Gasteiger partial charge on any atom is -0.457 e. The largest absolute Gasteiger partial charge is 0.457 e. The van der Waals surface area contributed by atoms with Crippen molar-refractivity contribution in [2.24, 2.45) is 0 Å². The first-order chi connectivity index (χ1) is 12.2. The molecule has 1 amide bonds. The zero-order chi connectivity index (χ0) is 17.5. The van der Waals surface area contributed by atoms with Gasteiger partial charge >= 0.3 is 5.97 Å². The van der Waals surface area contributed by atoms with Gasteiger partial charge in [0.05, 0.1) is 5.56 Å². The summed E-state index contributed by atoms with van der Waals surface area (Å²) in [5.74, 6) is -0.604. The summed E-state index contributed by atoms with van der Waals surface area (Å²) in [5.41, 5.74) is 2.42. The molecular weight excluding hydrogens is 314 g/mol. The van der Waals surface area contributed by atoms with E-state index in [2.05, 4.69) is 5.32 Å². The first-order valence-electron chi connectivity index (χ1n) is 7.90. The number of carbonyl (C=O) groups excluding carboxylic acids is 2. The fourth-order valence-corrected chi connectivity index (χ4v) is 2.35. The van der Waals surface area contributed by atoms with Crippen LogP contribution in [-0.4, -0.2) is 11.9 Å². The van der Waals surface area contributed by atoms with Crippen LogP contribution in [-0.2, 0) is 11.3 Å². The second-order valence-electron chi connectivity index (χ2n) is 5.42. The number of esters is 1. The summed E-state index contributed by atoms with van der Waals surface area (Å²) in [5, 5.41) is 2.86. The molecule has 0 heterocycles. The molecule has 1 N–H and O–H groups in total. The SMILES string of the molecule is O=C(Nc1ccccc1COC(=O)c1ccccc1)c1ccccc1. The summed E-state index contributed by atoms with van der Waals surface area (Å²) in [6.45, 7) is 0.0823. The predicted molar refractivity (Wildman–Crippen MR) is 96.4 cm³/mol. The van der Waals surface area contributed by atoms with Gasteiger partial charge in [-0.1, -0.05) is 54.6 Å². The Morgan fingerprint density at radius 1 is 0.720 bits per heavy atom. The van der Waals surface area contributed by atoms with Crippen LogP contribution in [0.5, 0.6) is 0 Å². The normalized spacial score (nSPS) is 10.1. The lowest BCUT2D eigenvalue weighted by atomic mass is 10.1. The lowest BCUT2D eigenvalue weighted by molar-refractivity contribution is 0.0473. The summed E-state index contributed by atoms with van der Waals surface area (Å²) in [6, 6.07) is 25.0. The first-order valence-corrected chi connectivity index (χ1v) is 7.90. The highest BCUT2D eigenvalue weighted by atomic mass is 16.5. The minimum atomic E-state index is -0.398. The molecule has 0 unspecified atom stereocenters. The molecule has 0 radical (unpaired) electrons. The number of hydrogen-bond acceptors (Lipinski definition) is 3. The van der Waals surface area contributed by atoms with Gasteiger partial charge in [-0.2, -0.15) is 0 Å². The second kappa shape index (κ2) is 7.93. The van der Waals surface area contributed by atoms with Gasteiger partial charge in [0.2, 0.25) is 0 Å². The first kappa shape index (κ1) is 16.5. The molecule has 0 saturated heterocycles. The van der Waals surface area contributed by atoms with E-state index in [0.29, 0.717) is 16.8 Å². The maximum absolute atomic E-state index is 12.3. The van der Waals surface area contributed by atoms with E-state index in [1.807, 2.05) is 42.5 Å². The number of hydrogen-bond donors (Lipinski definition) is 1. The molecule has 3 aromatic rings. The lowest BCUT2D eigenvalue weighted by Gasteiger charge is -2.11. The van der Waals surface area contributed by atoms with Gasteiger partial charge in [0, 0.05) is 16.8 Å². The third kappa shape index (κ3) is 4.32. The third-order valence-corrected chi connectivity index (χ3v) is 3.67. The van der Waals surface area contributed by atoms with Crippen molar-refractivity contribution in [2.75, 3.05) is 5.32 Å². The van der Waals surface area contributed by atoms with E-state index < -0.39 is 5.97 Å². The summed E-state index contributed by atoms with van der Waals surface area (Å²) in [4.78, 5) is 24.4. The number of nitrogens with one attached hydrogen (secondary N) is 1. The van der Waals surface area contributed by atoms with E-state index >= 15 is 0 Å². The van der Waals surface area contributed by atoms with Gasteiger partial charge in [0.15, 0.2) is 0 Å². The molecule has 0 aliphatic carbocycles. The topological polar surface area (TPSA) is 55.4 Å². The van der Waals surface area contributed by atoms with Crippen LogP contribution >= 0.6 is 0 Å². The Hall–Kier alpha value is -3.40. The van der Waals surface area contributed by atoms with E-state index in [1.165, 1.54) is 0 Å². The second-order valence-corrected chi connectivity index (χ2v) is 5.42. The van der Waals surface area contributed by atoms with Crippen LogP contribution in [0.1, 0.15) is 26.3 Å². The van der Waals surface area contributed by atoms with Gasteiger partial charge in [-0.25, -0.2) is 4.79 Å². The molecule has 0 atom stereocenters. The van der Waals surface area contributed by atoms with Crippen molar-refractivity contribution < 1.29 is 14.3 Å². The molecule has 3 aromatic carbocycles. The monoisotopic (exact) mass is 331 g/mol. The van der Waals surface area contributed by atoms with Crippen LogP contribution in [0, 0.1) is 0 Å². The van der Waals surface area contributed by atoms with Crippen molar-refractivity contribution >= 4 is 17.6 Å². The Bertz CT molecular complexity index is 861. The molecule has 0 spiro atoms. The van der Waals surface area contributed by atoms with Crippen LogP contribution in [0.2, 0.25) is 0 Å². The smallest absolute Gasteiger partial charge is 0.338 e. The van der Waals surface area contributed by atoms with Gasteiger partial charge in [-0.3, -0.25) is 4.79 Å². The predicted octanol–water partition coefficient (Wildman–Crippen LogP) is 4.30. The molecule has 0 aliphatic rings. The fourth-order valence-electron chi connectivity index (χ4n) is 2.35. The summed E-state index contributed by atoms with van der Waals surface area (Å²) in [7, 11) is 0. The lowest BCUT2D eigenvalue weighted by Crippen LogP contribution is -2.14. The van der Waals surface area contributed by atoms with Crippen LogP contribution < -0.4 is 5.32 Å². The van der Waals surface area contributed by atoms with E-state index in [-0.39, 0.29) is 12.5 Å². The molecule has 0 saturated carbocycles. The van der Waals surface area contributed by atoms with Gasteiger partial charge in [0.1, 0.15) is 6.61 Å².